The topological polar surface area (TPSA) is 58.6 Å². The maximum atomic E-state index is 11.8. The van der Waals surface area contributed by atoms with E-state index in [2.05, 4.69) is 5.32 Å². The molecule has 0 unspecified atom stereocenters. The Hall–Kier alpha value is -1.55. The second-order valence-corrected chi connectivity index (χ2v) is 5.38. The quantitative estimate of drug-likeness (QED) is 0.789. The van der Waals surface area contributed by atoms with Crippen molar-refractivity contribution in [3.8, 4) is 5.75 Å². The first-order valence-electron chi connectivity index (χ1n) is 6.67. The Labute approximate surface area is 113 Å². The highest BCUT2D eigenvalue weighted by Crippen LogP contribution is 2.44. The van der Waals surface area contributed by atoms with E-state index in [1.54, 1.807) is 25.3 Å². The number of rotatable bonds is 7. The van der Waals surface area contributed by atoms with Crippen LogP contribution in [-0.2, 0) is 16.0 Å². The molecule has 0 heterocycles. The van der Waals surface area contributed by atoms with E-state index in [1.165, 1.54) is 0 Å². The summed E-state index contributed by atoms with van der Waals surface area (Å²) in [6.07, 6.45) is 3.37. The van der Waals surface area contributed by atoms with Crippen molar-refractivity contribution in [2.24, 2.45) is 5.41 Å². The molecule has 0 saturated heterocycles. The lowest BCUT2D eigenvalue weighted by atomic mass is 10.1. The molecule has 104 valence electrons. The highest BCUT2D eigenvalue weighted by Gasteiger charge is 2.42. The van der Waals surface area contributed by atoms with Crippen LogP contribution in [0.1, 0.15) is 24.8 Å². The van der Waals surface area contributed by atoms with Crippen LogP contribution in [0.25, 0.3) is 0 Å². The number of carbonyl (C=O) groups is 1. The van der Waals surface area contributed by atoms with Crippen molar-refractivity contribution >= 4 is 5.91 Å². The van der Waals surface area contributed by atoms with Gasteiger partial charge in [-0.05, 0) is 37.0 Å². The lowest BCUT2D eigenvalue weighted by Gasteiger charge is -2.14. The minimum absolute atomic E-state index is 0.0609. The molecule has 1 aromatic rings. The number of aryl methyl sites for hydroxylation is 1. The van der Waals surface area contributed by atoms with Gasteiger partial charge in [-0.15, -0.1) is 0 Å². The zero-order chi connectivity index (χ0) is 13.7. The van der Waals surface area contributed by atoms with Gasteiger partial charge in [-0.3, -0.25) is 4.79 Å². The zero-order valence-electron chi connectivity index (χ0n) is 11.3. The summed E-state index contributed by atoms with van der Waals surface area (Å²) < 4.78 is 5.16. The normalized spacial score (nSPS) is 16.1. The van der Waals surface area contributed by atoms with E-state index in [-0.39, 0.29) is 17.1 Å². The maximum Gasteiger partial charge on any atom is 0.220 e. The molecule has 1 aliphatic carbocycles. The third-order valence-corrected chi connectivity index (χ3v) is 3.62. The van der Waals surface area contributed by atoms with Crippen molar-refractivity contribution in [2.75, 3.05) is 20.3 Å². The molecule has 0 bridgehead atoms. The minimum Gasteiger partial charge on any atom is -0.508 e. The molecule has 0 aliphatic heterocycles. The number of carbonyl (C=O) groups excluding carboxylic acids is 1. The molecule has 1 aromatic carbocycles. The number of benzene rings is 1. The van der Waals surface area contributed by atoms with Crippen molar-refractivity contribution in [3.63, 3.8) is 0 Å². The van der Waals surface area contributed by atoms with Crippen molar-refractivity contribution in [2.45, 2.75) is 25.7 Å². The lowest BCUT2D eigenvalue weighted by molar-refractivity contribution is -0.121. The van der Waals surface area contributed by atoms with E-state index in [1.807, 2.05) is 6.07 Å². The van der Waals surface area contributed by atoms with E-state index in [0.29, 0.717) is 19.4 Å². The van der Waals surface area contributed by atoms with E-state index in [0.717, 1.165) is 25.0 Å². The molecule has 19 heavy (non-hydrogen) atoms. The molecule has 0 radical (unpaired) electrons. The molecular weight excluding hydrogens is 242 g/mol. The van der Waals surface area contributed by atoms with E-state index < -0.39 is 0 Å². The molecule has 1 amide bonds. The number of methoxy groups -OCH3 is 1. The Morgan fingerprint density at radius 2 is 2.26 bits per heavy atom. The lowest BCUT2D eigenvalue weighted by Crippen LogP contribution is -2.32. The molecule has 1 saturated carbocycles. The van der Waals surface area contributed by atoms with Gasteiger partial charge in [0, 0.05) is 25.5 Å². The number of hydrogen-bond acceptors (Lipinski definition) is 3. The van der Waals surface area contributed by atoms with Crippen molar-refractivity contribution in [3.05, 3.63) is 29.8 Å². The first kappa shape index (κ1) is 13.9. The standard InChI is InChI=1S/C15H21NO3/c1-19-11-15(7-8-15)10-16-14(18)6-5-12-3-2-4-13(17)9-12/h2-4,9,17H,5-8,10-11H2,1H3,(H,16,18). The molecule has 0 spiro atoms. The van der Waals surface area contributed by atoms with Gasteiger partial charge in [-0.25, -0.2) is 0 Å². The van der Waals surface area contributed by atoms with Crippen molar-refractivity contribution in [1.29, 1.82) is 0 Å². The van der Waals surface area contributed by atoms with Crippen LogP contribution in [0.3, 0.4) is 0 Å². The SMILES string of the molecule is COCC1(CNC(=O)CCc2cccc(O)c2)CC1. The Kier molecular flexibility index (Phi) is 4.43. The van der Waals surface area contributed by atoms with E-state index in [9.17, 15) is 9.90 Å². The predicted molar refractivity (Wildman–Crippen MR) is 73.0 cm³/mol. The van der Waals surface area contributed by atoms with Gasteiger partial charge in [-0.1, -0.05) is 12.1 Å². The summed E-state index contributed by atoms with van der Waals surface area (Å²) in [5, 5.41) is 12.3. The van der Waals surface area contributed by atoms with Crippen molar-refractivity contribution in [1.82, 2.24) is 5.32 Å². The summed E-state index contributed by atoms with van der Waals surface area (Å²) in [4.78, 5) is 11.8. The fourth-order valence-corrected chi connectivity index (χ4v) is 2.20. The number of phenolic OH excluding ortho intramolecular Hbond substituents is 1. The summed E-state index contributed by atoms with van der Waals surface area (Å²) in [6, 6.07) is 7.03. The number of hydrogen-bond donors (Lipinski definition) is 2. The Bertz CT molecular complexity index is 441. The second kappa shape index (κ2) is 6.06. The Morgan fingerprint density at radius 3 is 2.89 bits per heavy atom. The van der Waals surface area contributed by atoms with Crippen LogP contribution in [0.2, 0.25) is 0 Å². The molecule has 1 fully saturated rings. The summed E-state index contributed by atoms with van der Waals surface area (Å²) in [6.45, 7) is 1.43. The first-order chi connectivity index (χ1) is 9.13. The second-order valence-electron chi connectivity index (χ2n) is 5.38. The van der Waals surface area contributed by atoms with Gasteiger partial charge in [0.25, 0.3) is 0 Å². The predicted octanol–water partition coefficient (Wildman–Crippen LogP) is 1.87. The fraction of sp³-hybridized carbons (Fsp3) is 0.533. The van der Waals surface area contributed by atoms with Crippen LogP contribution >= 0.6 is 0 Å². The summed E-state index contributed by atoms with van der Waals surface area (Å²) in [5.41, 5.74) is 1.17. The Balaban J connectivity index is 1.70. The summed E-state index contributed by atoms with van der Waals surface area (Å²) in [7, 11) is 1.70. The molecule has 0 atom stereocenters. The molecule has 0 aromatic heterocycles. The highest BCUT2D eigenvalue weighted by atomic mass is 16.5. The van der Waals surface area contributed by atoms with Gasteiger partial charge in [-0.2, -0.15) is 0 Å². The van der Waals surface area contributed by atoms with Crippen molar-refractivity contribution < 1.29 is 14.6 Å². The van der Waals surface area contributed by atoms with Gasteiger partial charge in [0.1, 0.15) is 5.75 Å². The maximum absolute atomic E-state index is 11.8. The number of ether oxygens (including phenoxy) is 1. The number of phenols is 1. The average molecular weight is 263 g/mol. The smallest absolute Gasteiger partial charge is 0.220 e. The number of nitrogens with one attached hydrogen (secondary N) is 1. The van der Waals surface area contributed by atoms with Crippen LogP contribution in [0, 0.1) is 5.41 Å². The van der Waals surface area contributed by atoms with Gasteiger partial charge in [0.15, 0.2) is 0 Å². The van der Waals surface area contributed by atoms with E-state index in [4.69, 9.17) is 4.74 Å². The largest absolute Gasteiger partial charge is 0.508 e. The molecule has 2 rings (SSSR count). The number of aromatic hydroxyl groups is 1. The molecule has 2 N–H and O–H groups in total. The molecule has 1 aliphatic rings. The van der Waals surface area contributed by atoms with Crippen LogP contribution < -0.4 is 5.32 Å². The molecular formula is C15H21NO3. The summed E-state index contributed by atoms with van der Waals surface area (Å²) >= 11 is 0. The van der Waals surface area contributed by atoms with Gasteiger partial charge < -0.3 is 15.2 Å². The van der Waals surface area contributed by atoms with Crippen LogP contribution in [0.15, 0.2) is 24.3 Å². The monoisotopic (exact) mass is 263 g/mol. The summed E-state index contributed by atoms with van der Waals surface area (Å²) in [5.74, 6) is 0.306. The van der Waals surface area contributed by atoms with Crippen LogP contribution in [0.4, 0.5) is 0 Å². The Morgan fingerprint density at radius 1 is 1.47 bits per heavy atom. The van der Waals surface area contributed by atoms with Gasteiger partial charge >= 0.3 is 0 Å². The van der Waals surface area contributed by atoms with Crippen LogP contribution in [0.5, 0.6) is 5.75 Å². The van der Waals surface area contributed by atoms with E-state index >= 15 is 0 Å². The zero-order valence-corrected chi connectivity index (χ0v) is 11.3. The highest BCUT2D eigenvalue weighted by molar-refractivity contribution is 5.76. The van der Waals surface area contributed by atoms with Crippen LogP contribution in [-0.4, -0.2) is 31.3 Å². The van der Waals surface area contributed by atoms with Gasteiger partial charge in [0.05, 0.1) is 6.61 Å². The fourth-order valence-electron chi connectivity index (χ4n) is 2.20. The average Bonchev–Trinajstić information content (AvgIpc) is 3.15. The minimum atomic E-state index is 0.0609. The first-order valence-corrected chi connectivity index (χ1v) is 6.67. The third kappa shape index (κ3) is 4.24. The van der Waals surface area contributed by atoms with Gasteiger partial charge in [0.2, 0.25) is 5.91 Å². The number of amides is 1. The third-order valence-electron chi connectivity index (χ3n) is 3.62. The molecule has 4 heteroatoms. The molecule has 4 nitrogen and oxygen atoms in total.